The maximum Gasteiger partial charge on any atom is 0.289 e. The lowest BCUT2D eigenvalue weighted by Gasteiger charge is -2.21. The van der Waals surface area contributed by atoms with E-state index in [9.17, 15) is 13.6 Å². The highest BCUT2D eigenvalue weighted by Crippen LogP contribution is 2.23. The molecule has 1 saturated heterocycles. The van der Waals surface area contributed by atoms with Crippen molar-refractivity contribution in [3.63, 3.8) is 0 Å². The molecule has 0 atom stereocenters. The third-order valence-corrected chi connectivity index (χ3v) is 5.17. The largest absolute Gasteiger partial charge is 0.451 e. The molecule has 0 bridgehead atoms. The van der Waals surface area contributed by atoms with E-state index in [2.05, 4.69) is 4.90 Å². The molecule has 6 heteroatoms. The minimum atomic E-state index is -0.318. The lowest BCUT2D eigenvalue weighted by atomic mass is 10.2. The maximum atomic E-state index is 13.9. The Balaban J connectivity index is 1.40. The Morgan fingerprint density at radius 1 is 0.897 bits per heavy atom. The van der Waals surface area contributed by atoms with Crippen molar-refractivity contribution < 1.29 is 18.0 Å². The van der Waals surface area contributed by atoms with Gasteiger partial charge in [0.05, 0.1) is 0 Å². The first kappa shape index (κ1) is 19.3. The second-order valence-corrected chi connectivity index (χ2v) is 7.18. The summed E-state index contributed by atoms with van der Waals surface area (Å²) in [6.07, 6.45) is 0.811. The number of hydrogen-bond acceptors (Lipinski definition) is 3. The summed E-state index contributed by atoms with van der Waals surface area (Å²) in [7, 11) is 0. The van der Waals surface area contributed by atoms with Gasteiger partial charge in [-0.15, -0.1) is 0 Å². The van der Waals surface area contributed by atoms with Gasteiger partial charge in [-0.25, -0.2) is 8.78 Å². The van der Waals surface area contributed by atoms with Crippen molar-refractivity contribution in [3.8, 4) is 11.3 Å². The smallest absolute Gasteiger partial charge is 0.289 e. The summed E-state index contributed by atoms with van der Waals surface area (Å²) in [6, 6.07) is 16.1. The van der Waals surface area contributed by atoms with E-state index in [0.29, 0.717) is 37.5 Å². The van der Waals surface area contributed by atoms with Gasteiger partial charge in [0.2, 0.25) is 0 Å². The SMILES string of the molecule is O=C(c1ccc(-c2ccc(F)cc2)o1)N1CCCN(Cc2ccccc2F)CC1. The molecule has 29 heavy (non-hydrogen) atoms. The van der Waals surface area contributed by atoms with Gasteiger partial charge in [0.1, 0.15) is 17.4 Å². The van der Waals surface area contributed by atoms with Crippen LogP contribution in [0.1, 0.15) is 22.5 Å². The van der Waals surface area contributed by atoms with Gasteiger partial charge in [0.25, 0.3) is 5.91 Å². The number of furan rings is 1. The predicted octanol–water partition coefficient (Wildman–Crippen LogP) is 4.57. The molecule has 0 radical (unpaired) electrons. The second kappa shape index (κ2) is 8.57. The standard InChI is InChI=1S/C23H22F2N2O2/c24-19-8-6-17(7-9-19)21-10-11-22(29-21)23(28)27-13-3-12-26(14-15-27)16-18-4-1-2-5-20(18)25/h1-2,4-11H,3,12-16H2. The molecule has 1 aromatic heterocycles. The quantitative estimate of drug-likeness (QED) is 0.648. The molecule has 1 fully saturated rings. The van der Waals surface area contributed by atoms with Crippen molar-refractivity contribution in [1.82, 2.24) is 9.80 Å². The van der Waals surface area contributed by atoms with Crippen molar-refractivity contribution in [2.45, 2.75) is 13.0 Å². The highest BCUT2D eigenvalue weighted by Gasteiger charge is 2.23. The molecule has 3 aromatic rings. The van der Waals surface area contributed by atoms with Gasteiger partial charge < -0.3 is 9.32 Å². The fraction of sp³-hybridized carbons (Fsp3) is 0.261. The molecule has 0 unspecified atom stereocenters. The topological polar surface area (TPSA) is 36.7 Å². The van der Waals surface area contributed by atoms with Crippen molar-refractivity contribution in [1.29, 1.82) is 0 Å². The van der Waals surface area contributed by atoms with Crippen LogP contribution in [-0.4, -0.2) is 41.9 Å². The van der Waals surface area contributed by atoms with Crippen LogP contribution in [0.3, 0.4) is 0 Å². The molecule has 0 spiro atoms. The van der Waals surface area contributed by atoms with E-state index in [4.69, 9.17) is 4.42 Å². The number of hydrogen-bond donors (Lipinski definition) is 0. The Morgan fingerprint density at radius 2 is 1.69 bits per heavy atom. The van der Waals surface area contributed by atoms with Crippen LogP contribution in [0.2, 0.25) is 0 Å². The van der Waals surface area contributed by atoms with Crippen LogP contribution in [0.15, 0.2) is 65.1 Å². The number of benzene rings is 2. The first-order chi connectivity index (χ1) is 14.1. The molecular weight excluding hydrogens is 374 g/mol. The molecular formula is C23H22F2N2O2. The van der Waals surface area contributed by atoms with E-state index in [0.717, 1.165) is 18.5 Å². The molecule has 0 saturated carbocycles. The Labute approximate surface area is 168 Å². The number of carbonyl (C=O) groups is 1. The second-order valence-electron chi connectivity index (χ2n) is 7.18. The van der Waals surface area contributed by atoms with Gasteiger partial charge in [0.15, 0.2) is 5.76 Å². The van der Waals surface area contributed by atoms with Crippen molar-refractivity contribution in [2.75, 3.05) is 26.2 Å². The highest BCUT2D eigenvalue weighted by atomic mass is 19.1. The van der Waals surface area contributed by atoms with E-state index in [1.165, 1.54) is 18.2 Å². The van der Waals surface area contributed by atoms with Crippen LogP contribution in [0.25, 0.3) is 11.3 Å². The summed E-state index contributed by atoms with van der Waals surface area (Å²) in [4.78, 5) is 16.8. The molecule has 2 heterocycles. The van der Waals surface area contributed by atoms with E-state index >= 15 is 0 Å². The van der Waals surface area contributed by atoms with Crippen molar-refractivity contribution in [3.05, 3.63) is 83.6 Å². The summed E-state index contributed by atoms with van der Waals surface area (Å²) >= 11 is 0. The van der Waals surface area contributed by atoms with Crippen LogP contribution < -0.4 is 0 Å². The van der Waals surface area contributed by atoms with Gasteiger partial charge in [-0.1, -0.05) is 18.2 Å². The zero-order valence-corrected chi connectivity index (χ0v) is 16.0. The molecule has 0 N–H and O–H groups in total. The molecule has 150 valence electrons. The molecule has 0 aliphatic carbocycles. The van der Waals surface area contributed by atoms with Crippen LogP contribution in [0, 0.1) is 11.6 Å². The Kier molecular flexibility index (Phi) is 5.71. The van der Waals surface area contributed by atoms with Crippen molar-refractivity contribution in [2.24, 2.45) is 0 Å². The molecule has 1 aliphatic rings. The van der Waals surface area contributed by atoms with E-state index < -0.39 is 0 Å². The summed E-state index contributed by atoms with van der Waals surface area (Å²) < 4.78 is 32.7. The number of nitrogens with zero attached hydrogens (tertiary/aromatic N) is 2. The van der Waals surface area contributed by atoms with Gasteiger partial charge >= 0.3 is 0 Å². The monoisotopic (exact) mass is 396 g/mol. The Hall–Kier alpha value is -2.99. The van der Waals surface area contributed by atoms with Crippen LogP contribution in [0.5, 0.6) is 0 Å². The molecule has 1 amide bonds. The minimum Gasteiger partial charge on any atom is -0.451 e. The maximum absolute atomic E-state index is 13.9. The lowest BCUT2D eigenvalue weighted by molar-refractivity contribution is 0.0730. The van der Waals surface area contributed by atoms with Gasteiger partial charge in [-0.3, -0.25) is 9.69 Å². The fourth-order valence-electron chi connectivity index (χ4n) is 3.58. The highest BCUT2D eigenvalue weighted by molar-refractivity contribution is 5.92. The summed E-state index contributed by atoms with van der Waals surface area (Å²) in [5.41, 5.74) is 1.39. The van der Waals surface area contributed by atoms with Gasteiger partial charge in [0, 0.05) is 43.9 Å². The summed E-state index contributed by atoms with van der Waals surface area (Å²) in [5.74, 6) is 0.122. The predicted molar refractivity (Wildman–Crippen MR) is 106 cm³/mol. The van der Waals surface area contributed by atoms with Crippen LogP contribution >= 0.6 is 0 Å². The fourth-order valence-corrected chi connectivity index (χ4v) is 3.58. The number of halogens is 2. The average Bonchev–Trinajstić information content (AvgIpc) is 3.10. The normalized spacial score (nSPS) is 15.3. The third kappa shape index (κ3) is 4.54. The van der Waals surface area contributed by atoms with Gasteiger partial charge in [-0.2, -0.15) is 0 Å². The molecule has 1 aliphatic heterocycles. The van der Waals surface area contributed by atoms with E-state index in [1.807, 2.05) is 6.07 Å². The average molecular weight is 396 g/mol. The van der Waals surface area contributed by atoms with Gasteiger partial charge in [-0.05, 0) is 48.9 Å². The van der Waals surface area contributed by atoms with E-state index in [1.54, 1.807) is 41.3 Å². The zero-order valence-electron chi connectivity index (χ0n) is 16.0. The van der Waals surface area contributed by atoms with Crippen LogP contribution in [0.4, 0.5) is 8.78 Å². The molecule has 2 aromatic carbocycles. The third-order valence-electron chi connectivity index (χ3n) is 5.17. The summed E-state index contributed by atoms with van der Waals surface area (Å²) in [5, 5.41) is 0. The number of rotatable bonds is 4. The zero-order chi connectivity index (χ0) is 20.2. The molecule has 4 rings (SSSR count). The minimum absolute atomic E-state index is 0.161. The first-order valence-electron chi connectivity index (χ1n) is 9.71. The summed E-state index contributed by atoms with van der Waals surface area (Å²) in [6.45, 7) is 3.19. The first-order valence-corrected chi connectivity index (χ1v) is 9.71. The number of carbonyl (C=O) groups excluding carboxylic acids is 1. The molecule has 4 nitrogen and oxygen atoms in total. The van der Waals surface area contributed by atoms with Crippen LogP contribution in [-0.2, 0) is 6.54 Å². The Bertz CT molecular complexity index is 985. The Morgan fingerprint density at radius 3 is 2.48 bits per heavy atom. The van der Waals surface area contributed by atoms with Crippen molar-refractivity contribution >= 4 is 5.91 Å². The van der Waals surface area contributed by atoms with E-state index in [-0.39, 0.29) is 23.3 Å². The lowest BCUT2D eigenvalue weighted by Crippen LogP contribution is -2.35. The number of amides is 1.